The molecule has 0 saturated carbocycles. The van der Waals surface area contributed by atoms with Gasteiger partial charge in [-0.25, -0.2) is 0 Å². The Balaban J connectivity index is 3.38. The molecule has 1 unspecified atom stereocenters. The Bertz CT molecular complexity index is 94.6. The van der Waals surface area contributed by atoms with Crippen LogP contribution in [0, 0.1) is 5.92 Å². The lowest BCUT2D eigenvalue weighted by Crippen LogP contribution is -1.96. The van der Waals surface area contributed by atoms with E-state index in [2.05, 4.69) is 6.58 Å². The van der Waals surface area contributed by atoms with Gasteiger partial charge in [0.2, 0.25) is 0 Å². The lowest BCUT2D eigenvalue weighted by atomic mass is 10.1. The average Bonchev–Trinajstić information content (AvgIpc) is 1.65. The summed E-state index contributed by atoms with van der Waals surface area (Å²) in [5.41, 5.74) is 0. The highest BCUT2D eigenvalue weighted by atomic mass is 16.1. The minimum atomic E-state index is 0.234. The van der Waals surface area contributed by atoms with Crippen molar-refractivity contribution in [3.63, 3.8) is 0 Å². The maximum absolute atomic E-state index is 10.4. The molecule has 1 atom stereocenters. The van der Waals surface area contributed by atoms with Crippen molar-refractivity contribution in [2.45, 2.75) is 20.3 Å². The third kappa shape index (κ3) is 3.59. The number of carbonyl (C=O) groups excluding carboxylic acids is 1. The molecule has 1 heteroatoms. The third-order valence-electron chi connectivity index (χ3n) is 1.01. The molecule has 0 aromatic carbocycles. The minimum absolute atomic E-state index is 0.234. The zero-order valence-electron chi connectivity index (χ0n) is 5.48. The van der Waals surface area contributed by atoms with Crippen LogP contribution < -0.4 is 0 Å². The van der Waals surface area contributed by atoms with Crippen LogP contribution in [0.5, 0.6) is 0 Å². The van der Waals surface area contributed by atoms with Gasteiger partial charge in [0.25, 0.3) is 0 Å². The van der Waals surface area contributed by atoms with Crippen LogP contribution in [0.2, 0.25) is 0 Å². The molecule has 0 N–H and O–H groups in total. The number of ketones is 1. The predicted octanol–water partition coefficient (Wildman–Crippen LogP) is 1.79. The van der Waals surface area contributed by atoms with Crippen LogP contribution in [0.15, 0.2) is 12.7 Å². The minimum Gasteiger partial charge on any atom is -0.300 e. The molecule has 0 fully saturated rings. The molecule has 0 saturated heterocycles. The Morgan fingerprint density at radius 3 is 2.50 bits per heavy atom. The summed E-state index contributed by atoms with van der Waals surface area (Å²) in [6.45, 7) is 7.14. The zero-order chi connectivity index (χ0) is 6.57. The van der Waals surface area contributed by atoms with Crippen LogP contribution in [0.25, 0.3) is 0 Å². The summed E-state index contributed by atoms with van der Waals surface area (Å²) < 4.78 is 0. The highest BCUT2D eigenvalue weighted by Gasteiger charge is 1.97. The molecule has 0 aliphatic rings. The van der Waals surface area contributed by atoms with Gasteiger partial charge >= 0.3 is 0 Å². The largest absolute Gasteiger partial charge is 0.300 e. The van der Waals surface area contributed by atoms with Gasteiger partial charge in [-0.1, -0.05) is 13.0 Å². The Kier molecular flexibility index (Phi) is 3.16. The van der Waals surface area contributed by atoms with Crippen molar-refractivity contribution >= 4 is 5.78 Å². The Morgan fingerprint density at radius 2 is 2.38 bits per heavy atom. The summed E-state index contributed by atoms with van der Waals surface area (Å²) in [6, 6.07) is 0. The molecule has 0 radical (unpaired) electrons. The van der Waals surface area contributed by atoms with Gasteiger partial charge in [-0.15, -0.1) is 6.58 Å². The lowest BCUT2D eigenvalue weighted by molar-refractivity contribution is -0.117. The third-order valence-corrected chi connectivity index (χ3v) is 1.01. The second kappa shape index (κ2) is 3.42. The van der Waals surface area contributed by atoms with Gasteiger partial charge in [0.1, 0.15) is 5.78 Å². The number of carbonyl (C=O) groups is 1. The first kappa shape index (κ1) is 7.41. The molecular formula is C7H12O. The molecule has 8 heavy (non-hydrogen) atoms. The molecule has 0 heterocycles. The molecule has 0 bridgehead atoms. The highest BCUT2D eigenvalue weighted by molar-refractivity contribution is 5.75. The summed E-state index contributed by atoms with van der Waals surface area (Å²) >= 11 is 0. The first-order chi connectivity index (χ1) is 3.66. The molecule has 46 valence electrons. The molecule has 0 spiro atoms. The molecule has 0 amide bonds. The van der Waals surface area contributed by atoms with Crippen LogP contribution in [0.1, 0.15) is 20.3 Å². The Morgan fingerprint density at radius 1 is 1.88 bits per heavy atom. The first-order valence-corrected chi connectivity index (χ1v) is 2.78. The molecule has 0 aliphatic carbocycles. The molecule has 0 aromatic rings. The van der Waals surface area contributed by atoms with E-state index in [1.165, 1.54) is 0 Å². The normalized spacial score (nSPS) is 12.8. The van der Waals surface area contributed by atoms with E-state index < -0.39 is 0 Å². The number of rotatable bonds is 3. The van der Waals surface area contributed by atoms with Crippen LogP contribution in [-0.4, -0.2) is 5.78 Å². The van der Waals surface area contributed by atoms with E-state index in [1.54, 1.807) is 13.0 Å². The summed E-state index contributed by atoms with van der Waals surface area (Å²) in [5, 5.41) is 0. The number of Topliss-reactive ketones (excluding diaryl/α,β-unsaturated/α-hetero) is 1. The molecule has 0 rings (SSSR count). The number of allylic oxidation sites excluding steroid dienone is 1. The van der Waals surface area contributed by atoms with Crippen LogP contribution in [0.3, 0.4) is 0 Å². The van der Waals surface area contributed by atoms with Gasteiger partial charge < -0.3 is 4.79 Å². The molecule has 0 aliphatic heterocycles. The van der Waals surface area contributed by atoms with Crippen LogP contribution in [-0.2, 0) is 4.79 Å². The number of hydrogen-bond acceptors (Lipinski definition) is 1. The van der Waals surface area contributed by atoms with Crippen LogP contribution >= 0.6 is 0 Å². The van der Waals surface area contributed by atoms with E-state index in [9.17, 15) is 4.79 Å². The van der Waals surface area contributed by atoms with Gasteiger partial charge in [0, 0.05) is 6.42 Å². The molecular weight excluding hydrogens is 100 g/mol. The van der Waals surface area contributed by atoms with Crippen molar-refractivity contribution in [2.24, 2.45) is 5.92 Å². The number of hydrogen-bond donors (Lipinski definition) is 0. The second-order valence-corrected chi connectivity index (χ2v) is 2.12. The predicted molar refractivity (Wildman–Crippen MR) is 34.7 cm³/mol. The van der Waals surface area contributed by atoms with Crippen molar-refractivity contribution in [1.82, 2.24) is 0 Å². The lowest BCUT2D eigenvalue weighted by Gasteiger charge is -1.98. The van der Waals surface area contributed by atoms with Crippen molar-refractivity contribution in [2.75, 3.05) is 0 Å². The zero-order valence-corrected chi connectivity index (χ0v) is 5.48. The fourth-order valence-electron chi connectivity index (χ4n) is 0.537. The van der Waals surface area contributed by atoms with E-state index in [0.717, 1.165) is 0 Å². The first-order valence-electron chi connectivity index (χ1n) is 2.78. The smallest absolute Gasteiger partial charge is 0.130 e. The highest BCUT2D eigenvalue weighted by Crippen LogP contribution is 2.01. The quantitative estimate of drug-likeness (QED) is 0.509. The average molecular weight is 112 g/mol. The van der Waals surface area contributed by atoms with Gasteiger partial charge in [-0.2, -0.15) is 0 Å². The van der Waals surface area contributed by atoms with E-state index in [1.807, 2.05) is 6.92 Å². The van der Waals surface area contributed by atoms with E-state index >= 15 is 0 Å². The maximum atomic E-state index is 10.4. The van der Waals surface area contributed by atoms with Crippen molar-refractivity contribution in [3.8, 4) is 0 Å². The second-order valence-electron chi connectivity index (χ2n) is 2.12. The molecule has 0 aromatic heterocycles. The van der Waals surface area contributed by atoms with Gasteiger partial charge in [-0.05, 0) is 12.8 Å². The summed E-state index contributed by atoms with van der Waals surface area (Å²) in [6.07, 6.45) is 2.42. The summed E-state index contributed by atoms with van der Waals surface area (Å²) in [7, 11) is 0. The Labute approximate surface area is 50.4 Å². The van der Waals surface area contributed by atoms with E-state index in [0.29, 0.717) is 12.3 Å². The van der Waals surface area contributed by atoms with Crippen LogP contribution in [0.4, 0.5) is 0 Å². The standard InChI is InChI=1S/C7H12O/c1-4-6(2)5-7(3)8/h4,6H,1,5H2,2-3H3. The SMILES string of the molecule is C=CC(C)CC(C)=O. The monoisotopic (exact) mass is 112 g/mol. The molecule has 1 nitrogen and oxygen atoms in total. The van der Waals surface area contributed by atoms with E-state index in [4.69, 9.17) is 0 Å². The van der Waals surface area contributed by atoms with Crippen molar-refractivity contribution in [1.29, 1.82) is 0 Å². The Hall–Kier alpha value is -0.590. The maximum Gasteiger partial charge on any atom is 0.130 e. The van der Waals surface area contributed by atoms with E-state index in [-0.39, 0.29) is 5.78 Å². The fourth-order valence-corrected chi connectivity index (χ4v) is 0.537. The summed E-state index contributed by atoms with van der Waals surface area (Å²) in [5.74, 6) is 0.574. The van der Waals surface area contributed by atoms with Crippen molar-refractivity contribution < 1.29 is 4.79 Å². The summed E-state index contributed by atoms with van der Waals surface area (Å²) in [4.78, 5) is 10.4. The van der Waals surface area contributed by atoms with Gasteiger partial charge in [0.15, 0.2) is 0 Å². The topological polar surface area (TPSA) is 17.1 Å². The fraction of sp³-hybridized carbons (Fsp3) is 0.571. The van der Waals surface area contributed by atoms with Gasteiger partial charge in [-0.3, -0.25) is 0 Å². The van der Waals surface area contributed by atoms with Crippen molar-refractivity contribution in [3.05, 3.63) is 12.7 Å². The van der Waals surface area contributed by atoms with Gasteiger partial charge in [0.05, 0.1) is 0 Å².